The smallest absolute Gasteiger partial charge is 0.261 e. The molecule has 1 aliphatic rings. The molecular formula is C27H29FN6OS. The maximum atomic E-state index is 15.7. The highest BCUT2D eigenvalue weighted by Crippen LogP contribution is 2.34. The molecule has 0 spiro atoms. The van der Waals surface area contributed by atoms with Crippen molar-refractivity contribution < 1.29 is 9.13 Å². The molecule has 0 aliphatic carbocycles. The van der Waals surface area contributed by atoms with E-state index < -0.39 is 5.82 Å². The van der Waals surface area contributed by atoms with E-state index in [-0.39, 0.29) is 17.5 Å². The Bertz CT molecular complexity index is 1330. The maximum Gasteiger partial charge on any atom is 0.261 e. The van der Waals surface area contributed by atoms with Gasteiger partial charge in [0.15, 0.2) is 0 Å². The van der Waals surface area contributed by atoms with E-state index in [4.69, 9.17) is 4.74 Å². The average molecular weight is 505 g/mol. The number of hydrogen-bond acceptors (Lipinski definition) is 7. The minimum Gasteiger partial charge on any atom is -0.436 e. The van der Waals surface area contributed by atoms with Crippen LogP contribution in [0.25, 0.3) is 11.3 Å². The van der Waals surface area contributed by atoms with Crippen molar-refractivity contribution in [1.82, 2.24) is 24.6 Å². The largest absolute Gasteiger partial charge is 0.436 e. The van der Waals surface area contributed by atoms with Crippen LogP contribution in [0.15, 0.2) is 65.8 Å². The van der Waals surface area contributed by atoms with Crippen molar-refractivity contribution >= 4 is 17.9 Å². The SMILES string of the molecule is Cc1ccccc1-c1nc(NSc2cnn(C)c2)nc(Oc2ccc(C3CCN(C)CC3)cc2)c1F. The first-order chi connectivity index (χ1) is 17.5. The van der Waals surface area contributed by atoms with Gasteiger partial charge in [0.2, 0.25) is 11.8 Å². The molecule has 0 bridgehead atoms. The van der Waals surface area contributed by atoms with Gasteiger partial charge in [-0.15, -0.1) is 0 Å². The minimum atomic E-state index is -0.597. The molecule has 1 N–H and O–H groups in total. The maximum absolute atomic E-state index is 15.7. The minimum absolute atomic E-state index is 0.121. The summed E-state index contributed by atoms with van der Waals surface area (Å²) in [5.74, 6) is 0.608. The Morgan fingerprint density at radius 2 is 1.78 bits per heavy atom. The van der Waals surface area contributed by atoms with Crippen LogP contribution in [0.3, 0.4) is 0 Å². The van der Waals surface area contributed by atoms with Crippen molar-refractivity contribution in [2.45, 2.75) is 30.6 Å². The lowest BCUT2D eigenvalue weighted by molar-refractivity contribution is 0.255. The first-order valence-electron chi connectivity index (χ1n) is 12.0. The molecule has 5 rings (SSSR count). The molecule has 1 aliphatic heterocycles. The van der Waals surface area contributed by atoms with Gasteiger partial charge in [-0.1, -0.05) is 36.4 Å². The Kier molecular flexibility index (Phi) is 7.20. The van der Waals surface area contributed by atoms with Gasteiger partial charge in [-0.3, -0.25) is 9.40 Å². The van der Waals surface area contributed by atoms with Gasteiger partial charge in [-0.05, 0) is 81.0 Å². The number of hydrogen-bond donors (Lipinski definition) is 1. The zero-order valence-electron chi connectivity index (χ0n) is 20.6. The lowest BCUT2D eigenvalue weighted by Crippen LogP contribution is -2.29. The Hall–Kier alpha value is -3.43. The van der Waals surface area contributed by atoms with Gasteiger partial charge in [0.25, 0.3) is 5.88 Å². The average Bonchev–Trinajstić information content (AvgIpc) is 3.31. The number of aromatic nitrogens is 4. The van der Waals surface area contributed by atoms with E-state index in [0.29, 0.717) is 17.2 Å². The second-order valence-corrected chi connectivity index (χ2v) is 10.0. The van der Waals surface area contributed by atoms with Crippen LogP contribution in [-0.2, 0) is 7.05 Å². The van der Waals surface area contributed by atoms with Crippen molar-refractivity contribution in [2.24, 2.45) is 7.05 Å². The number of rotatable bonds is 7. The second-order valence-electron chi connectivity index (χ2n) is 9.13. The molecule has 36 heavy (non-hydrogen) atoms. The highest BCUT2D eigenvalue weighted by atomic mass is 32.2. The van der Waals surface area contributed by atoms with Crippen molar-refractivity contribution in [2.75, 3.05) is 24.9 Å². The third-order valence-corrected chi connectivity index (χ3v) is 7.18. The van der Waals surface area contributed by atoms with Crippen molar-refractivity contribution in [3.05, 3.63) is 77.9 Å². The quantitative estimate of drug-likeness (QED) is 0.308. The third kappa shape index (κ3) is 5.52. The lowest BCUT2D eigenvalue weighted by atomic mass is 9.90. The zero-order chi connectivity index (χ0) is 25.1. The van der Waals surface area contributed by atoms with E-state index in [1.807, 2.05) is 56.6 Å². The summed E-state index contributed by atoms with van der Waals surface area (Å²) in [4.78, 5) is 12.1. The molecule has 3 heterocycles. The van der Waals surface area contributed by atoms with E-state index >= 15 is 4.39 Å². The molecule has 2 aromatic carbocycles. The van der Waals surface area contributed by atoms with Gasteiger partial charge in [-0.2, -0.15) is 14.5 Å². The number of benzene rings is 2. The van der Waals surface area contributed by atoms with Crippen LogP contribution in [0.2, 0.25) is 0 Å². The Balaban J connectivity index is 1.42. The van der Waals surface area contributed by atoms with E-state index in [0.717, 1.165) is 36.4 Å². The van der Waals surface area contributed by atoms with Gasteiger partial charge in [0, 0.05) is 18.8 Å². The molecule has 0 saturated carbocycles. The van der Waals surface area contributed by atoms with Crippen molar-refractivity contribution in [1.29, 1.82) is 0 Å². The highest BCUT2D eigenvalue weighted by molar-refractivity contribution is 8.00. The van der Waals surface area contributed by atoms with Gasteiger partial charge >= 0.3 is 0 Å². The Morgan fingerprint density at radius 3 is 2.47 bits per heavy atom. The molecule has 1 fully saturated rings. The second kappa shape index (κ2) is 10.7. The zero-order valence-corrected chi connectivity index (χ0v) is 21.4. The fourth-order valence-corrected chi connectivity index (χ4v) is 4.98. The predicted octanol–water partition coefficient (Wildman–Crippen LogP) is 6.05. The number of halogens is 1. The molecule has 0 radical (unpaired) electrons. The van der Waals surface area contributed by atoms with Crippen LogP contribution >= 0.6 is 11.9 Å². The van der Waals surface area contributed by atoms with Gasteiger partial charge in [0.05, 0.1) is 11.1 Å². The topological polar surface area (TPSA) is 68.1 Å². The summed E-state index contributed by atoms with van der Waals surface area (Å²) in [6, 6.07) is 15.5. The van der Waals surface area contributed by atoms with E-state index in [2.05, 4.69) is 43.9 Å². The van der Waals surface area contributed by atoms with Gasteiger partial charge in [-0.25, -0.2) is 4.98 Å². The number of piperidine rings is 1. The summed E-state index contributed by atoms with van der Waals surface area (Å²) in [7, 11) is 4.01. The molecule has 1 saturated heterocycles. The fourth-order valence-electron chi connectivity index (χ4n) is 4.37. The molecule has 0 unspecified atom stereocenters. The van der Waals surface area contributed by atoms with Gasteiger partial charge < -0.3 is 9.64 Å². The molecule has 4 aromatic rings. The van der Waals surface area contributed by atoms with Crippen LogP contribution in [0.5, 0.6) is 11.6 Å². The fraction of sp³-hybridized carbons (Fsp3) is 0.296. The number of aryl methyl sites for hydroxylation is 2. The van der Waals surface area contributed by atoms with E-state index in [1.54, 1.807) is 10.9 Å². The number of anilines is 1. The first kappa shape index (κ1) is 24.3. The first-order valence-corrected chi connectivity index (χ1v) is 12.8. The number of nitrogens with zero attached hydrogens (tertiary/aromatic N) is 5. The molecular weight excluding hydrogens is 475 g/mol. The van der Waals surface area contributed by atoms with E-state index in [1.165, 1.54) is 17.5 Å². The highest BCUT2D eigenvalue weighted by Gasteiger charge is 2.21. The van der Waals surface area contributed by atoms with Crippen LogP contribution in [0, 0.1) is 12.7 Å². The standard InChI is InChI=1S/C27H29FN6OS/c1-18-6-4-5-7-23(18)25-24(28)26(31-27(30-25)32-36-22-16-29-34(3)17-22)35-21-10-8-19(9-11-21)20-12-14-33(2)15-13-20/h4-11,16-17,20H,12-15H2,1-3H3,(H,30,31,32). The molecule has 0 amide bonds. The van der Waals surface area contributed by atoms with Crippen molar-refractivity contribution in [3.8, 4) is 22.9 Å². The predicted molar refractivity (Wildman–Crippen MR) is 141 cm³/mol. The normalized spacial score (nSPS) is 14.7. The lowest BCUT2D eigenvalue weighted by Gasteiger charge is -2.29. The Labute approximate surface area is 214 Å². The Morgan fingerprint density at radius 1 is 1.03 bits per heavy atom. The monoisotopic (exact) mass is 504 g/mol. The summed E-state index contributed by atoms with van der Waals surface area (Å²) in [6.45, 7) is 4.13. The number of ether oxygens (including phenoxy) is 1. The van der Waals surface area contributed by atoms with Crippen LogP contribution < -0.4 is 9.46 Å². The molecule has 9 heteroatoms. The summed E-state index contributed by atoms with van der Waals surface area (Å²) in [5.41, 5.74) is 3.08. The molecule has 186 valence electrons. The summed E-state index contributed by atoms with van der Waals surface area (Å²) >= 11 is 1.30. The number of likely N-dealkylation sites (tertiary alicyclic amines) is 1. The summed E-state index contributed by atoms with van der Waals surface area (Å²) < 4.78 is 26.5. The summed E-state index contributed by atoms with van der Waals surface area (Å²) in [6.07, 6.45) is 5.88. The molecule has 7 nitrogen and oxygen atoms in total. The van der Waals surface area contributed by atoms with Crippen LogP contribution in [0.1, 0.15) is 29.9 Å². The van der Waals surface area contributed by atoms with E-state index in [9.17, 15) is 0 Å². The van der Waals surface area contributed by atoms with Crippen LogP contribution in [0.4, 0.5) is 10.3 Å². The summed E-state index contributed by atoms with van der Waals surface area (Å²) in [5, 5.41) is 4.17. The molecule has 2 aromatic heterocycles. The van der Waals surface area contributed by atoms with Crippen LogP contribution in [-0.4, -0.2) is 44.8 Å². The molecule has 0 atom stereocenters. The number of nitrogens with one attached hydrogen (secondary N) is 1. The van der Waals surface area contributed by atoms with Crippen molar-refractivity contribution in [3.63, 3.8) is 0 Å². The third-order valence-electron chi connectivity index (χ3n) is 6.45. The van der Waals surface area contributed by atoms with Gasteiger partial charge in [0.1, 0.15) is 11.4 Å².